The number of rotatable bonds is 6. The summed E-state index contributed by atoms with van der Waals surface area (Å²) in [5, 5.41) is 0. The Balaban J connectivity index is 1.87. The average molecular weight is 337 g/mol. The molecular formula is C20H19NO4. The minimum atomic E-state index is -0.477. The van der Waals surface area contributed by atoms with E-state index in [0.29, 0.717) is 19.0 Å². The Morgan fingerprint density at radius 2 is 1.72 bits per heavy atom. The number of ether oxygens (including phenoxy) is 3. The molecule has 0 saturated carbocycles. The Hall–Kier alpha value is -3.08. The van der Waals surface area contributed by atoms with Crippen molar-refractivity contribution in [1.29, 1.82) is 0 Å². The number of carbonyl (C=O) groups excluding carboxylic acids is 1. The molecule has 0 unspecified atom stereocenters. The van der Waals surface area contributed by atoms with Gasteiger partial charge in [0.15, 0.2) is 5.70 Å². The Morgan fingerprint density at radius 3 is 2.44 bits per heavy atom. The van der Waals surface area contributed by atoms with Crippen molar-refractivity contribution in [3.8, 4) is 11.5 Å². The number of hydrogen-bond acceptors (Lipinski definition) is 5. The maximum atomic E-state index is 12.1. The number of aliphatic imine (C=N–C) groups is 1. The van der Waals surface area contributed by atoms with Crippen molar-refractivity contribution in [2.45, 2.75) is 13.8 Å². The van der Waals surface area contributed by atoms with Crippen LogP contribution < -0.4 is 9.47 Å². The summed E-state index contributed by atoms with van der Waals surface area (Å²) in [5.41, 5.74) is 1.75. The first-order valence-electron chi connectivity index (χ1n) is 8.19. The molecule has 0 bridgehead atoms. The molecule has 2 aromatic rings. The third kappa shape index (κ3) is 3.88. The predicted molar refractivity (Wildman–Crippen MR) is 95.8 cm³/mol. The first-order valence-corrected chi connectivity index (χ1v) is 8.19. The maximum Gasteiger partial charge on any atom is 0.363 e. The molecule has 1 heterocycles. The van der Waals surface area contributed by atoms with E-state index in [1.165, 1.54) is 0 Å². The zero-order valence-electron chi connectivity index (χ0n) is 14.2. The zero-order valence-corrected chi connectivity index (χ0v) is 14.2. The lowest BCUT2D eigenvalue weighted by molar-refractivity contribution is -0.129. The van der Waals surface area contributed by atoms with E-state index < -0.39 is 5.97 Å². The Bertz CT molecular complexity index is 822. The third-order valence-corrected chi connectivity index (χ3v) is 3.54. The van der Waals surface area contributed by atoms with E-state index >= 15 is 0 Å². The van der Waals surface area contributed by atoms with Crippen LogP contribution in [0.25, 0.3) is 6.08 Å². The van der Waals surface area contributed by atoms with E-state index in [-0.39, 0.29) is 11.6 Å². The summed E-state index contributed by atoms with van der Waals surface area (Å²) in [6, 6.07) is 14.8. The van der Waals surface area contributed by atoms with Crippen LogP contribution in [0.3, 0.4) is 0 Å². The predicted octanol–water partition coefficient (Wildman–Crippen LogP) is 3.83. The molecular weight excluding hydrogens is 318 g/mol. The topological polar surface area (TPSA) is 57.1 Å². The van der Waals surface area contributed by atoms with E-state index in [0.717, 1.165) is 16.9 Å². The summed E-state index contributed by atoms with van der Waals surface area (Å²) in [7, 11) is 0. The van der Waals surface area contributed by atoms with Crippen molar-refractivity contribution in [1.82, 2.24) is 0 Å². The van der Waals surface area contributed by atoms with Gasteiger partial charge in [0.1, 0.15) is 11.5 Å². The molecule has 0 atom stereocenters. The van der Waals surface area contributed by atoms with Crippen LogP contribution in [-0.4, -0.2) is 25.1 Å². The number of hydrogen-bond donors (Lipinski definition) is 0. The molecule has 0 amide bonds. The summed E-state index contributed by atoms with van der Waals surface area (Å²) in [4.78, 5) is 16.5. The largest absolute Gasteiger partial charge is 0.494 e. The lowest BCUT2D eigenvalue weighted by Gasteiger charge is -2.06. The minimum absolute atomic E-state index is 0.246. The summed E-state index contributed by atoms with van der Waals surface area (Å²) >= 11 is 0. The van der Waals surface area contributed by atoms with Gasteiger partial charge in [-0.3, -0.25) is 0 Å². The molecule has 5 heteroatoms. The molecule has 0 saturated heterocycles. The van der Waals surface area contributed by atoms with Gasteiger partial charge in [-0.1, -0.05) is 18.2 Å². The van der Waals surface area contributed by atoms with Gasteiger partial charge in [0.25, 0.3) is 0 Å². The SMILES string of the molecule is CCOc1ccc(C2=N/C(=C\c3ccccc3OCC)C(=O)O2)cc1. The molecule has 0 aromatic heterocycles. The van der Waals surface area contributed by atoms with Crippen molar-refractivity contribution in [2.24, 2.45) is 4.99 Å². The monoisotopic (exact) mass is 337 g/mol. The molecule has 0 fully saturated rings. The number of para-hydroxylation sites is 1. The highest BCUT2D eigenvalue weighted by Crippen LogP contribution is 2.25. The van der Waals surface area contributed by atoms with E-state index in [2.05, 4.69) is 4.99 Å². The number of esters is 1. The standard InChI is InChI=1S/C20H19NO4/c1-3-23-16-11-9-14(10-12-16)19-21-17(20(22)25-19)13-15-7-5-6-8-18(15)24-4-2/h5-13H,3-4H2,1-2H3/b17-13-. The van der Waals surface area contributed by atoms with E-state index in [1.54, 1.807) is 6.08 Å². The van der Waals surface area contributed by atoms with Crippen molar-refractivity contribution in [3.05, 3.63) is 65.4 Å². The van der Waals surface area contributed by atoms with Crippen LogP contribution in [0.5, 0.6) is 11.5 Å². The van der Waals surface area contributed by atoms with Crippen LogP contribution in [0.1, 0.15) is 25.0 Å². The summed E-state index contributed by atoms with van der Waals surface area (Å²) in [6.45, 7) is 4.98. The van der Waals surface area contributed by atoms with E-state index in [1.807, 2.05) is 62.4 Å². The third-order valence-electron chi connectivity index (χ3n) is 3.54. The second kappa shape index (κ2) is 7.66. The van der Waals surface area contributed by atoms with Crippen molar-refractivity contribution >= 4 is 17.9 Å². The normalized spacial score (nSPS) is 15.0. The first-order chi connectivity index (χ1) is 12.2. The molecule has 1 aliphatic heterocycles. The average Bonchev–Trinajstić information content (AvgIpc) is 2.98. The maximum absolute atomic E-state index is 12.1. The van der Waals surface area contributed by atoms with Gasteiger partial charge >= 0.3 is 5.97 Å². The first kappa shape index (κ1) is 16.8. The lowest BCUT2D eigenvalue weighted by atomic mass is 10.1. The molecule has 5 nitrogen and oxygen atoms in total. The molecule has 3 rings (SSSR count). The van der Waals surface area contributed by atoms with E-state index in [9.17, 15) is 4.79 Å². The number of benzene rings is 2. The fourth-order valence-electron chi connectivity index (χ4n) is 2.43. The van der Waals surface area contributed by atoms with Crippen LogP contribution >= 0.6 is 0 Å². The van der Waals surface area contributed by atoms with Gasteiger partial charge in [0, 0.05) is 11.1 Å². The van der Waals surface area contributed by atoms with Crippen molar-refractivity contribution in [3.63, 3.8) is 0 Å². The fourth-order valence-corrected chi connectivity index (χ4v) is 2.43. The minimum Gasteiger partial charge on any atom is -0.494 e. The number of carbonyl (C=O) groups is 1. The number of cyclic esters (lactones) is 1. The second-order valence-electron chi connectivity index (χ2n) is 5.26. The van der Waals surface area contributed by atoms with Crippen molar-refractivity contribution in [2.75, 3.05) is 13.2 Å². The van der Waals surface area contributed by atoms with Crippen LogP contribution in [-0.2, 0) is 9.53 Å². The van der Waals surface area contributed by atoms with Crippen LogP contribution in [0.15, 0.2) is 59.2 Å². The van der Waals surface area contributed by atoms with Crippen molar-refractivity contribution < 1.29 is 19.0 Å². The second-order valence-corrected chi connectivity index (χ2v) is 5.26. The van der Waals surface area contributed by atoms with E-state index in [4.69, 9.17) is 14.2 Å². The summed E-state index contributed by atoms with van der Waals surface area (Å²) in [6.07, 6.45) is 1.68. The highest BCUT2D eigenvalue weighted by molar-refractivity contribution is 6.13. The van der Waals surface area contributed by atoms with Gasteiger partial charge in [-0.15, -0.1) is 0 Å². The highest BCUT2D eigenvalue weighted by atomic mass is 16.6. The molecule has 1 aliphatic rings. The van der Waals surface area contributed by atoms with Gasteiger partial charge < -0.3 is 14.2 Å². The molecule has 0 radical (unpaired) electrons. The Labute approximate surface area is 146 Å². The molecule has 25 heavy (non-hydrogen) atoms. The Kier molecular flexibility index (Phi) is 5.14. The highest BCUT2D eigenvalue weighted by Gasteiger charge is 2.24. The Morgan fingerprint density at radius 1 is 1.00 bits per heavy atom. The van der Waals surface area contributed by atoms with Gasteiger partial charge in [0.05, 0.1) is 13.2 Å². The van der Waals surface area contributed by atoms with Gasteiger partial charge in [-0.2, -0.15) is 0 Å². The summed E-state index contributed by atoms with van der Waals surface area (Å²) in [5.74, 6) is 1.27. The summed E-state index contributed by atoms with van der Waals surface area (Å²) < 4.78 is 16.3. The van der Waals surface area contributed by atoms with Crippen LogP contribution in [0.4, 0.5) is 0 Å². The van der Waals surface area contributed by atoms with Gasteiger partial charge in [-0.25, -0.2) is 9.79 Å². The molecule has 0 aliphatic carbocycles. The fraction of sp³-hybridized carbons (Fsp3) is 0.200. The molecule has 128 valence electrons. The van der Waals surface area contributed by atoms with Gasteiger partial charge in [0.2, 0.25) is 5.90 Å². The molecule has 0 N–H and O–H groups in total. The smallest absolute Gasteiger partial charge is 0.363 e. The van der Waals surface area contributed by atoms with Gasteiger partial charge in [-0.05, 0) is 50.3 Å². The quantitative estimate of drug-likeness (QED) is 0.594. The zero-order chi connectivity index (χ0) is 17.6. The number of nitrogens with zero attached hydrogens (tertiary/aromatic N) is 1. The lowest BCUT2D eigenvalue weighted by Crippen LogP contribution is -2.05. The van der Waals surface area contributed by atoms with Crippen LogP contribution in [0.2, 0.25) is 0 Å². The molecule has 0 spiro atoms. The van der Waals surface area contributed by atoms with Crippen LogP contribution in [0, 0.1) is 0 Å². The molecule has 2 aromatic carbocycles.